The minimum absolute atomic E-state index is 0.00191. The van der Waals surface area contributed by atoms with Gasteiger partial charge in [-0.3, -0.25) is 23.9 Å². The molecule has 2 amide bonds. The Labute approximate surface area is 190 Å². The molecule has 0 radical (unpaired) electrons. The second-order valence-corrected chi connectivity index (χ2v) is 7.73. The van der Waals surface area contributed by atoms with Gasteiger partial charge in [0, 0.05) is 23.6 Å². The highest BCUT2D eigenvalue weighted by molar-refractivity contribution is 6.30. The summed E-state index contributed by atoms with van der Waals surface area (Å²) in [5.41, 5.74) is -0.618. The summed E-state index contributed by atoms with van der Waals surface area (Å²) in [7, 11) is 0. The molecule has 7 nitrogen and oxygen atoms in total. The molecule has 0 aliphatic carbocycles. The second kappa shape index (κ2) is 8.70. The van der Waals surface area contributed by atoms with E-state index in [2.05, 4.69) is 10.3 Å². The molecule has 1 aliphatic heterocycles. The van der Waals surface area contributed by atoms with Gasteiger partial charge in [0.2, 0.25) is 11.8 Å². The Morgan fingerprint density at radius 1 is 1.24 bits per heavy atom. The topological polar surface area (TPSA) is 84.3 Å². The summed E-state index contributed by atoms with van der Waals surface area (Å²) in [6, 6.07) is 7.88. The van der Waals surface area contributed by atoms with Crippen molar-refractivity contribution in [3.8, 4) is 11.1 Å². The van der Waals surface area contributed by atoms with Gasteiger partial charge in [-0.25, -0.2) is 4.39 Å². The maximum absolute atomic E-state index is 13.7. The number of amides is 2. The molecule has 0 spiro atoms. The fourth-order valence-corrected chi connectivity index (χ4v) is 3.81. The number of alkyl halides is 2. The highest BCUT2D eigenvalue weighted by atomic mass is 35.5. The summed E-state index contributed by atoms with van der Waals surface area (Å²) < 4.78 is 40.7. The van der Waals surface area contributed by atoms with Crippen LogP contribution in [0, 0.1) is 5.82 Å². The van der Waals surface area contributed by atoms with Gasteiger partial charge < -0.3 is 10.2 Å². The standard InChI is InChI=1S/C22H16ClF3N4O3/c1-11-19-13(3-2-7-27-19)18-16(6-8-29(21(18)33)22(25)26)30(20(11)32)10-17(31)28-12-4-5-14(23)15(24)9-12/h2-9,11,22H,10H2,1H3,(H,28,31). The number of hydrogen-bond acceptors (Lipinski definition) is 4. The molecule has 11 heteroatoms. The van der Waals surface area contributed by atoms with Gasteiger partial charge in [0.25, 0.3) is 5.56 Å². The number of anilines is 2. The van der Waals surface area contributed by atoms with E-state index in [0.29, 0.717) is 0 Å². The Balaban J connectivity index is 1.79. The van der Waals surface area contributed by atoms with E-state index in [1.54, 1.807) is 6.92 Å². The van der Waals surface area contributed by atoms with E-state index in [1.807, 2.05) is 0 Å². The normalized spacial score (nSPS) is 15.2. The molecule has 33 heavy (non-hydrogen) atoms. The molecule has 3 aromatic rings. The zero-order chi connectivity index (χ0) is 23.9. The van der Waals surface area contributed by atoms with Crippen molar-refractivity contribution >= 4 is 34.8 Å². The highest BCUT2D eigenvalue weighted by Crippen LogP contribution is 2.38. The Morgan fingerprint density at radius 2 is 2.00 bits per heavy atom. The van der Waals surface area contributed by atoms with E-state index in [9.17, 15) is 27.6 Å². The number of pyridine rings is 2. The van der Waals surface area contributed by atoms with Gasteiger partial charge in [-0.05, 0) is 37.3 Å². The molecular formula is C22H16ClF3N4O3. The predicted molar refractivity (Wildman–Crippen MR) is 116 cm³/mol. The lowest BCUT2D eigenvalue weighted by molar-refractivity contribution is -0.122. The molecule has 0 bridgehead atoms. The Hall–Kier alpha value is -3.66. The first kappa shape index (κ1) is 22.5. The number of fused-ring (bicyclic) bond motifs is 3. The van der Waals surface area contributed by atoms with Gasteiger partial charge in [0.1, 0.15) is 12.4 Å². The first-order valence-electron chi connectivity index (χ1n) is 9.74. The molecule has 1 atom stereocenters. The fraction of sp³-hybridized carbons (Fsp3) is 0.182. The van der Waals surface area contributed by atoms with Crippen LogP contribution in [0.2, 0.25) is 5.02 Å². The molecule has 0 saturated heterocycles. The van der Waals surface area contributed by atoms with E-state index >= 15 is 0 Å². The van der Waals surface area contributed by atoms with Crippen LogP contribution in [-0.2, 0) is 9.59 Å². The van der Waals surface area contributed by atoms with Crippen LogP contribution in [0.1, 0.15) is 25.1 Å². The van der Waals surface area contributed by atoms with Gasteiger partial charge in [-0.1, -0.05) is 17.7 Å². The molecule has 1 aromatic carbocycles. The van der Waals surface area contributed by atoms with Crippen molar-refractivity contribution in [3.63, 3.8) is 0 Å². The van der Waals surface area contributed by atoms with Crippen LogP contribution in [0.15, 0.2) is 53.6 Å². The third-order valence-electron chi connectivity index (χ3n) is 5.26. The summed E-state index contributed by atoms with van der Waals surface area (Å²) in [6.07, 6.45) is 2.29. The van der Waals surface area contributed by atoms with Crippen LogP contribution in [0.3, 0.4) is 0 Å². The number of halogens is 4. The molecule has 0 saturated carbocycles. The molecule has 170 valence electrons. The Bertz CT molecular complexity index is 1330. The average molecular weight is 477 g/mol. The zero-order valence-electron chi connectivity index (χ0n) is 17.1. The first-order valence-corrected chi connectivity index (χ1v) is 10.1. The number of carbonyl (C=O) groups is 2. The maximum Gasteiger partial charge on any atom is 0.321 e. The zero-order valence-corrected chi connectivity index (χ0v) is 17.8. The monoisotopic (exact) mass is 476 g/mol. The lowest BCUT2D eigenvalue weighted by atomic mass is 9.98. The molecular weight excluding hydrogens is 461 g/mol. The number of benzene rings is 1. The van der Waals surface area contributed by atoms with Gasteiger partial charge in [-0.15, -0.1) is 0 Å². The summed E-state index contributed by atoms with van der Waals surface area (Å²) >= 11 is 5.64. The quantitative estimate of drug-likeness (QED) is 0.612. The van der Waals surface area contributed by atoms with Crippen LogP contribution in [0.4, 0.5) is 24.5 Å². The van der Waals surface area contributed by atoms with Crippen LogP contribution in [0.25, 0.3) is 11.1 Å². The largest absolute Gasteiger partial charge is 0.324 e. The number of nitrogens with zero attached hydrogens (tertiary/aromatic N) is 3. The van der Waals surface area contributed by atoms with E-state index < -0.39 is 42.2 Å². The summed E-state index contributed by atoms with van der Waals surface area (Å²) in [5.74, 6) is -2.86. The number of rotatable bonds is 4. The van der Waals surface area contributed by atoms with Gasteiger partial charge in [0.05, 0.1) is 27.9 Å². The lowest BCUT2D eigenvalue weighted by Crippen LogP contribution is -2.40. The number of nitrogens with one attached hydrogen (secondary N) is 1. The maximum atomic E-state index is 13.7. The van der Waals surface area contributed by atoms with E-state index in [4.69, 9.17) is 11.6 Å². The Morgan fingerprint density at radius 3 is 2.70 bits per heavy atom. The molecule has 2 aromatic heterocycles. The van der Waals surface area contributed by atoms with Crippen molar-refractivity contribution < 1.29 is 22.8 Å². The van der Waals surface area contributed by atoms with Gasteiger partial charge in [0.15, 0.2) is 0 Å². The number of hydrogen-bond donors (Lipinski definition) is 1. The smallest absolute Gasteiger partial charge is 0.321 e. The van der Waals surface area contributed by atoms with Crippen LogP contribution >= 0.6 is 11.6 Å². The second-order valence-electron chi connectivity index (χ2n) is 7.33. The molecule has 1 aliphatic rings. The highest BCUT2D eigenvalue weighted by Gasteiger charge is 2.35. The summed E-state index contributed by atoms with van der Waals surface area (Å²) in [6.45, 7) is -2.10. The SMILES string of the molecule is CC1C(=O)N(CC(=O)Nc2ccc(Cl)c(F)c2)c2ccn(C(F)F)c(=O)c2-c2cccnc21. The third kappa shape index (κ3) is 4.09. The van der Waals surface area contributed by atoms with Crippen LogP contribution in [-0.4, -0.2) is 27.9 Å². The predicted octanol–water partition coefficient (Wildman–Crippen LogP) is 4.19. The minimum Gasteiger partial charge on any atom is -0.324 e. The van der Waals surface area contributed by atoms with Crippen LogP contribution < -0.4 is 15.8 Å². The molecule has 0 fully saturated rings. The van der Waals surface area contributed by atoms with Gasteiger partial charge >= 0.3 is 6.55 Å². The van der Waals surface area contributed by atoms with E-state index in [1.165, 1.54) is 36.5 Å². The van der Waals surface area contributed by atoms with Gasteiger partial charge in [-0.2, -0.15) is 8.78 Å². The molecule has 4 rings (SSSR count). The average Bonchev–Trinajstić information content (AvgIpc) is 2.86. The van der Waals surface area contributed by atoms with Crippen molar-refractivity contribution in [2.45, 2.75) is 19.4 Å². The number of carbonyl (C=O) groups excluding carboxylic acids is 2. The third-order valence-corrected chi connectivity index (χ3v) is 5.56. The minimum atomic E-state index is -3.10. The van der Waals surface area contributed by atoms with Crippen molar-refractivity contribution in [3.05, 3.63) is 75.7 Å². The molecule has 3 heterocycles. The van der Waals surface area contributed by atoms with E-state index in [-0.39, 0.29) is 37.8 Å². The molecule has 1 unspecified atom stereocenters. The first-order chi connectivity index (χ1) is 15.7. The van der Waals surface area contributed by atoms with E-state index in [0.717, 1.165) is 17.2 Å². The number of aromatic nitrogens is 2. The van der Waals surface area contributed by atoms with Crippen molar-refractivity contribution in [1.82, 2.24) is 9.55 Å². The van der Waals surface area contributed by atoms with Crippen molar-refractivity contribution in [1.29, 1.82) is 0 Å². The summed E-state index contributed by atoms with van der Waals surface area (Å²) in [4.78, 5) is 44.1. The molecule has 1 N–H and O–H groups in total. The van der Waals surface area contributed by atoms with Crippen molar-refractivity contribution in [2.75, 3.05) is 16.8 Å². The lowest BCUT2D eigenvalue weighted by Gasteiger charge is -2.24. The summed E-state index contributed by atoms with van der Waals surface area (Å²) in [5, 5.41) is 2.33. The Kier molecular flexibility index (Phi) is 5.94. The fourth-order valence-electron chi connectivity index (χ4n) is 3.70. The van der Waals surface area contributed by atoms with Crippen LogP contribution in [0.5, 0.6) is 0 Å². The van der Waals surface area contributed by atoms with Crippen molar-refractivity contribution in [2.24, 2.45) is 0 Å².